The van der Waals surface area contributed by atoms with E-state index in [1.807, 2.05) is 0 Å². The van der Waals surface area contributed by atoms with Crippen LogP contribution in [-0.2, 0) is 0 Å². The van der Waals surface area contributed by atoms with Crippen molar-refractivity contribution in [2.45, 2.75) is 45.7 Å². The van der Waals surface area contributed by atoms with Gasteiger partial charge in [-0.25, -0.2) is 0 Å². The van der Waals surface area contributed by atoms with Crippen LogP contribution in [0.3, 0.4) is 0 Å². The predicted octanol–water partition coefficient (Wildman–Crippen LogP) is 1.46. The number of hydrogen-bond acceptors (Lipinski definition) is 2. The summed E-state index contributed by atoms with van der Waals surface area (Å²) in [5.41, 5.74) is 5.71. The molecule has 3 N–H and O–H groups in total. The second kappa shape index (κ2) is 7.03. The molecule has 0 radical (unpaired) electrons. The van der Waals surface area contributed by atoms with Crippen LogP contribution < -0.4 is 11.1 Å². The first-order chi connectivity index (χ1) is 4.81. The van der Waals surface area contributed by atoms with Crippen molar-refractivity contribution >= 4 is 0 Å². The molecule has 2 nitrogen and oxygen atoms in total. The monoisotopic (exact) mass is 144 g/mol. The summed E-state index contributed by atoms with van der Waals surface area (Å²) < 4.78 is 0. The minimum Gasteiger partial charge on any atom is -0.316 e. The van der Waals surface area contributed by atoms with Gasteiger partial charge in [-0.15, -0.1) is 0 Å². The molecule has 0 fully saturated rings. The van der Waals surface area contributed by atoms with Crippen LogP contribution in [-0.4, -0.2) is 12.7 Å². The van der Waals surface area contributed by atoms with Crippen molar-refractivity contribution in [3.8, 4) is 0 Å². The molecule has 0 amide bonds. The highest BCUT2D eigenvalue weighted by atomic mass is 15.0. The topological polar surface area (TPSA) is 38.0 Å². The molecule has 0 saturated carbocycles. The smallest absolute Gasteiger partial charge is 0.0546 e. The molecule has 0 aliphatic heterocycles. The van der Waals surface area contributed by atoms with E-state index in [0.717, 1.165) is 13.0 Å². The Balaban J connectivity index is 2.97. The van der Waals surface area contributed by atoms with Crippen molar-refractivity contribution < 1.29 is 0 Å². The van der Waals surface area contributed by atoms with Gasteiger partial charge in [0.2, 0.25) is 0 Å². The van der Waals surface area contributed by atoms with Crippen LogP contribution >= 0.6 is 0 Å². The molecule has 0 aromatic rings. The SMILES string of the molecule is CCCCCC(N)NCC. The molecule has 1 unspecified atom stereocenters. The summed E-state index contributed by atoms with van der Waals surface area (Å²) in [6.45, 7) is 5.27. The van der Waals surface area contributed by atoms with Crippen molar-refractivity contribution in [2.24, 2.45) is 5.73 Å². The van der Waals surface area contributed by atoms with E-state index in [1.165, 1.54) is 19.3 Å². The van der Waals surface area contributed by atoms with Gasteiger partial charge < -0.3 is 11.1 Å². The van der Waals surface area contributed by atoms with Crippen molar-refractivity contribution in [3.05, 3.63) is 0 Å². The van der Waals surface area contributed by atoms with Crippen molar-refractivity contribution in [3.63, 3.8) is 0 Å². The Kier molecular flexibility index (Phi) is 6.98. The van der Waals surface area contributed by atoms with Crippen molar-refractivity contribution in [1.82, 2.24) is 5.32 Å². The van der Waals surface area contributed by atoms with Gasteiger partial charge in [0, 0.05) is 0 Å². The zero-order chi connectivity index (χ0) is 7.82. The fraction of sp³-hybridized carbons (Fsp3) is 1.00. The first-order valence-corrected chi connectivity index (χ1v) is 4.30. The first-order valence-electron chi connectivity index (χ1n) is 4.30. The summed E-state index contributed by atoms with van der Waals surface area (Å²) >= 11 is 0. The Morgan fingerprint density at radius 3 is 2.50 bits per heavy atom. The van der Waals surface area contributed by atoms with E-state index in [1.54, 1.807) is 0 Å². The van der Waals surface area contributed by atoms with Gasteiger partial charge in [-0.05, 0) is 13.0 Å². The fourth-order valence-electron chi connectivity index (χ4n) is 0.979. The third kappa shape index (κ3) is 6.05. The van der Waals surface area contributed by atoms with E-state index in [0.29, 0.717) is 0 Å². The van der Waals surface area contributed by atoms with Gasteiger partial charge in [-0.1, -0.05) is 33.1 Å². The number of nitrogens with two attached hydrogens (primary N) is 1. The van der Waals surface area contributed by atoms with Crippen LogP contribution in [0.15, 0.2) is 0 Å². The number of unbranched alkanes of at least 4 members (excludes halogenated alkanes) is 2. The Hall–Kier alpha value is -0.0800. The second-order valence-corrected chi connectivity index (χ2v) is 2.66. The molecule has 0 aliphatic rings. The summed E-state index contributed by atoms with van der Waals surface area (Å²) in [6.07, 6.45) is 5.17. The van der Waals surface area contributed by atoms with Gasteiger partial charge in [0.1, 0.15) is 0 Å². The highest BCUT2D eigenvalue weighted by Crippen LogP contribution is 1.99. The minimum absolute atomic E-state index is 0.219. The molecule has 0 aromatic heterocycles. The highest BCUT2D eigenvalue weighted by molar-refractivity contribution is 4.56. The van der Waals surface area contributed by atoms with Gasteiger partial charge in [-0.2, -0.15) is 0 Å². The molecule has 10 heavy (non-hydrogen) atoms. The summed E-state index contributed by atoms with van der Waals surface area (Å²) in [5, 5.41) is 3.18. The third-order valence-electron chi connectivity index (χ3n) is 1.58. The quantitative estimate of drug-likeness (QED) is 0.437. The molecule has 0 aromatic carbocycles. The van der Waals surface area contributed by atoms with E-state index >= 15 is 0 Å². The standard InChI is InChI=1S/C8H20N2/c1-3-5-6-7-8(9)10-4-2/h8,10H,3-7,9H2,1-2H3. The average molecular weight is 144 g/mol. The number of rotatable bonds is 6. The normalized spacial score (nSPS) is 13.5. The molecular formula is C8H20N2. The van der Waals surface area contributed by atoms with Gasteiger partial charge in [0.05, 0.1) is 6.17 Å². The largest absolute Gasteiger partial charge is 0.316 e. The van der Waals surface area contributed by atoms with Gasteiger partial charge in [0.15, 0.2) is 0 Å². The highest BCUT2D eigenvalue weighted by Gasteiger charge is 1.97. The van der Waals surface area contributed by atoms with Crippen molar-refractivity contribution in [1.29, 1.82) is 0 Å². The van der Waals surface area contributed by atoms with E-state index in [2.05, 4.69) is 19.2 Å². The summed E-state index contributed by atoms with van der Waals surface area (Å²) in [7, 11) is 0. The Bertz CT molecular complexity index is 64.3. The lowest BCUT2D eigenvalue weighted by Crippen LogP contribution is -2.36. The van der Waals surface area contributed by atoms with E-state index < -0.39 is 0 Å². The molecule has 62 valence electrons. The molecule has 0 spiro atoms. The molecule has 0 heterocycles. The number of nitrogens with one attached hydrogen (secondary N) is 1. The van der Waals surface area contributed by atoms with Gasteiger partial charge in [0.25, 0.3) is 0 Å². The lowest BCUT2D eigenvalue weighted by atomic mass is 10.2. The number of hydrogen-bond donors (Lipinski definition) is 2. The van der Waals surface area contributed by atoms with Crippen LogP contribution in [0.25, 0.3) is 0 Å². The van der Waals surface area contributed by atoms with Gasteiger partial charge in [-0.3, -0.25) is 0 Å². The zero-order valence-electron chi connectivity index (χ0n) is 7.19. The van der Waals surface area contributed by atoms with Crippen LogP contribution in [0.4, 0.5) is 0 Å². The Morgan fingerprint density at radius 2 is 2.00 bits per heavy atom. The lowest BCUT2D eigenvalue weighted by molar-refractivity contribution is 0.482. The summed E-state index contributed by atoms with van der Waals surface area (Å²) in [4.78, 5) is 0. The predicted molar refractivity (Wildman–Crippen MR) is 45.8 cm³/mol. The molecule has 0 bridgehead atoms. The molecule has 0 saturated heterocycles. The second-order valence-electron chi connectivity index (χ2n) is 2.66. The summed E-state index contributed by atoms with van der Waals surface area (Å²) in [6, 6.07) is 0. The molecule has 2 heteroatoms. The maximum atomic E-state index is 5.71. The molecular weight excluding hydrogens is 124 g/mol. The first kappa shape index (κ1) is 9.92. The van der Waals surface area contributed by atoms with E-state index in [4.69, 9.17) is 5.73 Å². The van der Waals surface area contributed by atoms with Crippen LogP contribution in [0.5, 0.6) is 0 Å². The summed E-state index contributed by atoms with van der Waals surface area (Å²) in [5.74, 6) is 0. The Labute approximate surface area is 64.2 Å². The van der Waals surface area contributed by atoms with E-state index in [-0.39, 0.29) is 6.17 Å². The zero-order valence-corrected chi connectivity index (χ0v) is 7.19. The van der Waals surface area contributed by atoms with Crippen LogP contribution in [0.1, 0.15) is 39.5 Å². The third-order valence-corrected chi connectivity index (χ3v) is 1.58. The van der Waals surface area contributed by atoms with Crippen molar-refractivity contribution in [2.75, 3.05) is 6.54 Å². The minimum atomic E-state index is 0.219. The Morgan fingerprint density at radius 1 is 1.30 bits per heavy atom. The average Bonchev–Trinajstić information content (AvgIpc) is 1.89. The van der Waals surface area contributed by atoms with Crippen LogP contribution in [0, 0.1) is 0 Å². The molecule has 0 aliphatic carbocycles. The van der Waals surface area contributed by atoms with Crippen LogP contribution in [0.2, 0.25) is 0 Å². The van der Waals surface area contributed by atoms with Gasteiger partial charge >= 0.3 is 0 Å². The fourth-order valence-corrected chi connectivity index (χ4v) is 0.979. The molecule has 1 atom stereocenters. The maximum absolute atomic E-state index is 5.71. The van der Waals surface area contributed by atoms with E-state index in [9.17, 15) is 0 Å². The maximum Gasteiger partial charge on any atom is 0.0546 e. The lowest BCUT2D eigenvalue weighted by Gasteiger charge is -2.10. The molecule has 0 rings (SSSR count).